The van der Waals surface area contributed by atoms with E-state index in [0.29, 0.717) is 18.0 Å². The summed E-state index contributed by atoms with van der Waals surface area (Å²) >= 11 is 0. The van der Waals surface area contributed by atoms with Gasteiger partial charge in [-0.25, -0.2) is 0 Å². The fourth-order valence-electron chi connectivity index (χ4n) is 1.60. The van der Waals surface area contributed by atoms with E-state index in [2.05, 4.69) is 5.32 Å². The Kier molecular flexibility index (Phi) is 4.65. The number of rotatable bonds is 6. The van der Waals surface area contributed by atoms with Crippen LogP contribution in [0.3, 0.4) is 0 Å². The molecule has 1 rings (SSSR count). The predicted octanol–water partition coefficient (Wildman–Crippen LogP) is 1.91. The van der Waals surface area contributed by atoms with Crippen LogP contribution in [0.1, 0.15) is 20.3 Å². The number of carbonyl (C=O) groups excluding carboxylic acids is 1. The van der Waals surface area contributed by atoms with Crippen LogP contribution >= 0.6 is 0 Å². The zero-order chi connectivity index (χ0) is 13.7. The molecule has 3 N–H and O–H groups in total. The highest BCUT2D eigenvalue weighted by molar-refractivity contribution is 5.83. The van der Waals surface area contributed by atoms with Crippen LogP contribution in [0.15, 0.2) is 24.3 Å². The van der Waals surface area contributed by atoms with Crippen molar-refractivity contribution in [3.8, 4) is 0 Å². The minimum Gasteiger partial charge on any atom is -0.374 e. The van der Waals surface area contributed by atoms with E-state index in [-0.39, 0.29) is 5.69 Å². The van der Waals surface area contributed by atoms with Crippen molar-refractivity contribution in [1.29, 1.82) is 0 Å². The zero-order valence-corrected chi connectivity index (χ0v) is 10.4. The Morgan fingerprint density at radius 1 is 1.39 bits per heavy atom. The summed E-state index contributed by atoms with van der Waals surface area (Å²) in [5.41, 5.74) is 5.96. The number of hydrogen-bond donors (Lipinski definition) is 2. The number of nitrogens with two attached hydrogens (primary N) is 1. The highest BCUT2D eigenvalue weighted by Gasteiger charge is 2.16. The number of nitrogens with zero attached hydrogens (tertiary/aromatic N) is 1. The first kappa shape index (κ1) is 14.0. The molecule has 0 spiro atoms. The number of amides is 1. The second-order valence-corrected chi connectivity index (χ2v) is 4.53. The van der Waals surface area contributed by atoms with Gasteiger partial charge in [-0.2, -0.15) is 0 Å². The summed E-state index contributed by atoms with van der Waals surface area (Å²) < 4.78 is 0. The lowest BCUT2D eigenvalue weighted by Gasteiger charge is -2.18. The molecule has 0 aromatic heterocycles. The number of nitro benzene ring substituents is 1. The summed E-state index contributed by atoms with van der Waals surface area (Å²) in [7, 11) is 0. The Hall–Kier alpha value is -2.11. The first-order chi connectivity index (χ1) is 8.40. The monoisotopic (exact) mass is 251 g/mol. The summed E-state index contributed by atoms with van der Waals surface area (Å²) in [5, 5.41) is 13.5. The number of carbonyl (C=O) groups is 1. The lowest BCUT2D eigenvalue weighted by atomic mass is 10.0. The third kappa shape index (κ3) is 4.04. The number of primary amides is 1. The molecule has 18 heavy (non-hydrogen) atoms. The molecule has 1 amide bonds. The van der Waals surface area contributed by atoms with Crippen LogP contribution in [0.2, 0.25) is 0 Å². The van der Waals surface area contributed by atoms with E-state index >= 15 is 0 Å². The molecule has 6 nitrogen and oxygen atoms in total. The van der Waals surface area contributed by atoms with Crippen molar-refractivity contribution < 1.29 is 9.72 Å². The first-order valence-electron chi connectivity index (χ1n) is 5.70. The van der Waals surface area contributed by atoms with Gasteiger partial charge in [0.2, 0.25) is 5.91 Å². The SMILES string of the molecule is CC(C)CC(Nc1ccc([N+](=O)[O-])cc1)C(N)=O. The Balaban J connectivity index is 2.75. The lowest BCUT2D eigenvalue weighted by Crippen LogP contribution is -2.36. The van der Waals surface area contributed by atoms with Gasteiger partial charge < -0.3 is 11.1 Å². The van der Waals surface area contributed by atoms with Gasteiger partial charge in [-0.05, 0) is 24.5 Å². The van der Waals surface area contributed by atoms with Crippen LogP contribution in [0.25, 0.3) is 0 Å². The Morgan fingerprint density at radius 2 is 1.94 bits per heavy atom. The number of hydrogen-bond acceptors (Lipinski definition) is 4. The van der Waals surface area contributed by atoms with Crippen molar-refractivity contribution in [1.82, 2.24) is 0 Å². The van der Waals surface area contributed by atoms with E-state index in [1.807, 2.05) is 13.8 Å². The minimum atomic E-state index is -0.469. The molecule has 1 unspecified atom stereocenters. The molecular weight excluding hydrogens is 234 g/mol. The molecule has 0 aliphatic heterocycles. The number of benzene rings is 1. The van der Waals surface area contributed by atoms with Gasteiger partial charge in [0.15, 0.2) is 0 Å². The topological polar surface area (TPSA) is 98.3 Å². The van der Waals surface area contributed by atoms with E-state index in [0.717, 1.165) is 0 Å². The largest absolute Gasteiger partial charge is 0.374 e. The van der Waals surface area contributed by atoms with Crippen molar-refractivity contribution in [3.05, 3.63) is 34.4 Å². The Morgan fingerprint density at radius 3 is 2.33 bits per heavy atom. The van der Waals surface area contributed by atoms with Crippen molar-refractivity contribution in [2.75, 3.05) is 5.32 Å². The fraction of sp³-hybridized carbons (Fsp3) is 0.417. The molecule has 6 heteroatoms. The quantitative estimate of drug-likeness (QED) is 0.596. The second kappa shape index (κ2) is 6.00. The molecule has 1 aromatic rings. The zero-order valence-electron chi connectivity index (χ0n) is 10.4. The average molecular weight is 251 g/mol. The Labute approximate surface area is 105 Å². The maximum Gasteiger partial charge on any atom is 0.269 e. The van der Waals surface area contributed by atoms with E-state index < -0.39 is 16.9 Å². The minimum absolute atomic E-state index is 0.0139. The summed E-state index contributed by atoms with van der Waals surface area (Å²) in [4.78, 5) is 21.3. The van der Waals surface area contributed by atoms with Crippen molar-refractivity contribution in [3.63, 3.8) is 0 Å². The van der Waals surface area contributed by atoms with Crippen LogP contribution in [0.5, 0.6) is 0 Å². The van der Waals surface area contributed by atoms with Gasteiger partial charge in [0.05, 0.1) is 4.92 Å². The van der Waals surface area contributed by atoms with Gasteiger partial charge in [0.25, 0.3) is 5.69 Å². The molecular formula is C12H17N3O3. The van der Waals surface area contributed by atoms with Crippen LogP contribution in [0, 0.1) is 16.0 Å². The normalized spacial score (nSPS) is 12.2. The molecule has 98 valence electrons. The molecule has 0 bridgehead atoms. The average Bonchev–Trinajstić information content (AvgIpc) is 2.28. The van der Waals surface area contributed by atoms with Crippen LogP contribution in [0.4, 0.5) is 11.4 Å². The number of non-ortho nitro benzene ring substituents is 1. The third-order valence-corrected chi connectivity index (χ3v) is 2.47. The van der Waals surface area contributed by atoms with Crippen molar-refractivity contribution in [2.24, 2.45) is 11.7 Å². The second-order valence-electron chi connectivity index (χ2n) is 4.53. The summed E-state index contributed by atoms with van der Waals surface area (Å²) in [6.07, 6.45) is 0.617. The number of nitrogens with one attached hydrogen (secondary N) is 1. The van der Waals surface area contributed by atoms with Crippen molar-refractivity contribution in [2.45, 2.75) is 26.3 Å². The smallest absolute Gasteiger partial charge is 0.269 e. The van der Waals surface area contributed by atoms with E-state index in [9.17, 15) is 14.9 Å². The molecule has 0 heterocycles. The van der Waals surface area contributed by atoms with Crippen molar-refractivity contribution >= 4 is 17.3 Å². The molecule has 1 aromatic carbocycles. The molecule has 0 saturated carbocycles. The van der Waals surface area contributed by atoms with E-state index in [4.69, 9.17) is 5.73 Å². The molecule has 0 fully saturated rings. The van der Waals surface area contributed by atoms with Gasteiger partial charge in [0, 0.05) is 17.8 Å². The molecule has 0 aliphatic rings. The lowest BCUT2D eigenvalue weighted by molar-refractivity contribution is -0.384. The summed E-state index contributed by atoms with van der Waals surface area (Å²) in [6.45, 7) is 3.99. The van der Waals surface area contributed by atoms with Gasteiger partial charge in [-0.3, -0.25) is 14.9 Å². The predicted molar refractivity (Wildman–Crippen MR) is 69.2 cm³/mol. The van der Waals surface area contributed by atoms with Gasteiger partial charge in [-0.15, -0.1) is 0 Å². The molecule has 0 radical (unpaired) electrons. The molecule has 0 aliphatic carbocycles. The van der Waals surface area contributed by atoms with Crippen LogP contribution in [-0.4, -0.2) is 16.9 Å². The highest BCUT2D eigenvalue weighted by atomic mass is 16.6. The van der Waals surface area contributed by atoms with E-state index in [1.165, 1.54) is 12.1 Å². The first-order valence-corrected chi connectivity index (χ1v) is 5.70. The standard InChI is InChI=1S/C12H17N3O3/c1-8(2)7-11(12(13)16)14-9-3-5-10(6-4-9)15(17)18/h3-6,8,11,14H,7H2,1-2H3,(H2,13,16). The summed E-state index contributed by atoms with van der Waals surface area (Å²) in [6, 6.07) is 5.43. The molecule has 1 atom stereocenters. The maximum atomic E-state index is 11.3. The number of nitro groups is 1. The van der Waals surface area contributed by atoms with Gasteiger partial charge in [-0.1, -0.05) is 13.8 Å². The van der Waals surface area contributed by atoms with Gasteiger partial charge in [0.1, 0.15) is 6.04 Å². The Bertz CT molecular complexity index is 429. The van der Waals surface area contributed by atoms with Crippen LogP contribution < -0.4 is 11.1 Å². The maximum absolute atomic E-state index is 11.3. The van der Waals surface area contributed by atoms with E-state index in [1.54, 1.807) is 12.1 Å². The summed E-state index contributed by atoms with van der Waals surface area (Å²) in [5.74, 6) is -0.102. The number of anilines is 1. The molecule has 0 saturated heterocycles. The van der Waals surface area contributed by atoms with Crippen LogP contribution in [-0.2, 0) is 4.79 Å². The highest BCUT2D eigenvalue weighted by Crippen LogP contribution is 2.17. The van der Waals surface area contributed by atoms with Gasteiger partial charge >= 0.3 is 0 Å². The fourth-order valence-corrected chi connectivity index (χ4v) is 1.60. The third-order valence-electron chi connectivity index (χ3n) is 2.47.